The zero-order chi connectivity index (χ0) is 23.0. The number of nitrogens with one attached hydrogen (secondary N) is 1. The predicted molar refractivity (Wildman–Crippen MR) is 87.2 cm³/mol. The maximum atomic E-state index is 14.7. The molecule has 5 atom stereocenters. The Labute approximate surface area is 164 Å². The number of alkyl halides is 2. The van der Waals surface area contributed by atoms with Gasteiger partial charge in [-0.05, 0) is 6.07 Å². The van der Waals surface area contributed by atoms with Crippen LogP contribution in [0.5, 0.6) is 0 Å². The van der Waals surface area contributed by atoms with E-state index in [9.17, 15) is 32.2 Å². The van der Waals surface area contributed by atoms with E-state index in [-0.39, 0.29) is 5.82 Å². The summed E-state index contributed by atoms with van der Waals surface area (Å²) in [6.45, 7) is -1.70. The number of halogens is 2. The van der Waals surface area contributed by atoms with Crippen molar-refractivity contribution in [1.29, 1.82) is 0 Å². The lowest BCUT2D eigenvalue weighted by Crippen LogP contribution is -2.37. The molecule has 0 aromatic carbocycles. The van der Waals surface area contributed by atoms with Crippen LogP contribution in [0, 0.1) is 0 Å². The fraction of sp³-hybridized carbons (Fsp3) is 0.556. The average molecular weight is 503 g/mol. The molecule has 1 aliphatic rings. The predicted octanol–water partition coefficient (Wildman–Crippen LogP) is 0.310. The van der Waals surface area contributed by atoms with Crippen molar-refractivity contribution in [3.05, 3.63) is 22.7 Å². The molecule has 1 fully saturated rings. The Morgan fingerprint density at radius 3 is 2.43 bits per heavy atom. The quantitative estimate of drug-likeness (QED) is 0.196. The molecule has 1 saturated heterocycles. The molecule has 0 amide bonds. The molecule has 172 valence electrons. The fourth-order valence-corrected chi connectivity index (χ4v) is 5.20. The third-order valence-corrected chi connectivity index (χ3v) is 7.09. The molecular weight excluding hydrogens is 489 g/mol. The van der Waals surface area contributed by atoms with Gasteiger partial charge in [0.05, 0.1) is 0 Å². The molecule has 0 saturated carbocycles. The largest absolute Gasteiger partial charge is 0.490 e. The van der Waals surface area contributed by atoms with Crippen molar-refractivity contribution in [3.63, 3.8) is 0 Å². The second kappa shape index (κ2) is 8.78. The summed E-state index contributed by atoms with van der Waals surface area (Å²) in [6.07, 6.45) is -3.94. The van der Waals surface area contributed by atoms with Crippen molar-refractivity contribution in [2.45, 2.75) is 24.7 Å². The Morgan fingerprint density at radius 2 is 1.90 bits per heavy atom. The summed E-state index contributed by atoms with van der Waals surface area (Å²) < 4.78 is 78.3. The van der Waals surface area contributed by atoms with Gasteiger partial charge in [0.1, 0.15) is 12.8 Å². The molecule has 2 heterocycles. The molecule has 6 N–H and O–H groups in total. The van der Waals surface area contributed by atoms with Gasteiger partial charge in [-0.1, -0.05) is 0 Å². The zero-order valence-electron chi connectivity index (χ0n) is 14.2. The van der Waals surface area contributed by atoms with Gasteiger partial charge in [0.2, 0.25) is 0 Å². The Kier molecular flexibility index (Phi) is 7.36. The summed E-state index contributed by atoms with van der Waals surface area (Å²) in [5.41, 5.74) is 0.491. The first-order chi connectivity index (χ1) is 13.6. The van der Waals surface area contributed by atoms with Crippen molar-refractivity contribution in [2.24, 2.45) is 0 Å². The standard InChI is InChI=1S/C9H14F2N3O13P3/c10-5-3-7(14-2-1-6(13-16)12-8(14)15)25-9(5,11)4-24-29(20,21)27-30(22,23)26-28(17,18)19/h1-2,5,7,16H,3-4H2,(H,20,21)(H,22,23)(H,12,13,15)(H2,17,18,19)/t5-,7+,9+/m0/s1. The molecule has 0 bridgehead atoms. The summed E-state index contributed by atoms with van der Waals surface area (Å²) in [5, 5.41) is 8.65. The number of nitrogens with zero attached hydrogens (tertiary/aromatic N) is 2. The zero-order valence-corrected chi connectivity index (χ0v) is 16.9. The highest BCUT2D eigenvalue weighted by molar-refractivity contribution is 7.66. The first-order valence-electron chi connectivity index (χ1n) is 7.34. The van der Waals surface area contributed by atoms with Crippen molar-refractivity contribution in [3.8, 4) is 0 Å². The lowest BCUT2D eigenvalue weighted by atomic mass is 10.2. The summed E-state index contributed by atoms with van der Waals surface area (Å²) in [4.78, 5) is 50.2. The van der Waals surface area contributed by atoms with Gasteiger partial charge in [0.15, 0.2) is 12.0 Å². The van der Waals surface area contributed by atoms with Gasteiger partial charge in [-0.15, -0.1) is 0 Å². The third kappa shape index (κ3) is 6.68. The highest BCUT2D eigenvalue weighted by atomic mass is 31.3. The van der Waals surface area contributed by atoms with Gasteiger partial charge in [-0.3, -0.25) is 19.8 Å². The summed E-state index contributed by atoms with van der Waals surface area (Å²) >= 11 is 0. The second-order valence-electron chi connectivity index (χ2n) is 5.54. The van der Waals surface area contributed by atoms with E-state index < -0.39 is 60.4 Å². The van der Waals surface area contributed by atoms with Crippen LogP contribution in [-0.2, 0) is 31.6 Å². The van der Waals surface area contributed by atoms with Crippen LogP contribution in [0.25, 0.3) is 0 Å². The van der Waals surface area contributed by atoms with Crippen LogP contribution in [-0.4, -0.2) is 53.0 Å². The molecule has 16 nitrogen and oxygen atoms in total. The number of anilines is 1. The van der Waals surface area contributed by atoms with Crippen LogP contribution in [0.1, 0.15) is 12.6 Å². The highest BCUT2D eigenvalue weighted by Crippen LogP contribution is 2.66. The minimum Gasteiger partial charge on any atom is -0.317 e. The van der Waals surface area contributed by atoms with Gasteiger partial charge in [-0.2, -0.15) is 13.6 Å². The molecule has 0 radical (unpaired) electrons. The molecule has 0 spiro atoms. The van der Waals surface area contributed by atoms with Gasteiger partial charge in [-0.25, -0.2) is 27.3 Å². The Hall–Kier alpha value is -1.13. The monoisotopic (exact) mass is 503 g/mol. The van der Waals surface area contributed by atoms with Gasteiger partial charge in [0, 0.05) is 12.6 Å². The maximum absolute atomic E-state index is 14.7. The molecule has 0 aliphatic carbocycles. The number of aromatic nitrogens is 2. The van der Waals surface area contributed by atoms with E-state index in [0.29, 0.717) is 4.57 Å². The lowest BCUT2D eigenvalue weighted by molar-refractivity contribution is -0.193. The van der Waals surface area contributed by atoms with Crippen molar-refractivity contribution >= 4 is 29.3 Å². The number of hydrogen-bond donors (Lipinski definition) is 6. The normalized spacial score (nSPS) is 28.6. The fourth-order valence-electron chi connectivity index (χ4n) is 2.16. The second-order valence-corrected chi connectivity index (χ2v) is 9.96. The van der Waals surface area contributed by atoms with Crippen molar-refractivity contribution in [1.82, 2.24) is 9.55 Å². The summed E-state index contributed by atoms with van der Waals surface area (Å²) in [5.74, 6) is -3.71. The van der Waals surface area contributed by atoms with Crippen LogP contribution in [0.3, 0.4) is 0 Å². The summed E-state index contributed by atoms with van der Waals surface area (Å²) in [7, 11) is -17.2. The molecule has 1 aromatic heterocycles. The van der Waals surface area contributed by atoms with E-state index in [4.69, 9.17) is 24.6 Å². The van der Waals surface area contributed by atoms with Crippen molar-refractivity contribution in [2.75, 3.05) is 12.1 Å². The molecule has 2 unspecified atom stereocenters. The maximum Gasteiger partial charge on any atom is 0.490 e. The van der Waals surface area contributed by atoms with E-state index in [0.717, 1.165) is 12.3 Å². The average Bonchev–Trinajstić information content (AvgIpc) is 2.85. The smallest absolute Gasteiger partial charge is 0.317 e. The number of ether oxygens (including phenoxy) is 1. The lowest BCUT2D eigenvalue weighted by Gasteiger charge is -2.23. The Morgan fingerprint density at radius 1 is 1.27 bits per heavy atom. The molecule has 21 heteroatoms. The number of rotatable bonds is 9. The van der Waals surface area contributed by atoms with Crippen LogP contribution in [0.15, 0.2) is 17.1 Å². The van der Waals surface area contributed by atoms with Crippen LogP contribution >= 0.6 is 23.5 Å². The van der Waals surface area contributed by atoms with Crippen LogP contribution in [0.4, 0.5) is 14.6 Å². The minimum atomic E-state index is -5.85. The first kappa shape index (κ1) is 25.1. The van der Waals surface area contributed by atoms with Gasteiger partial charge in [0.25, 0.3) is 5.85 Å². The van der Waals surface area contributed by atoms with Crippen LogP contribution < -0.4 is 11.2 Å². The Bertz CT molecular complexity index is 986. The summed E-state index contributed by atoms with van der Waals surface area (Å²) in [6, 6.07) is 1.06. The van der Waals surface area contributed by atoms with E-state index in [1.165, 1.54) is 0 Å². The van der Waals surface area contributed by atoms with Gasteiger partial charge < -0.3 is 24.3 Å². The number of phosphoric ester groups is 1. The number of hydrogen-bond acceptors (Lipinski definition) is 11. The van der Waals surface area contributed by atoms with Crippen LogP contribution in [0.2, 0.25) is 0 Å². The number of phosphoric acid groups is 3. The van der Waals surface area contributed by atoms with E-state index in [1.54, 1.807) is 5.48 Å². The molecule has 2 rings (SSSR count). The first-order valence-corrected chi connectivity index (χ1v) is 11.9. The topological polar surface area (TPSA) is 236 Å². The van der Waals surface area contributed by atoms with E-state index >= 15 is 0 Å². The highest BCUT2D eigenvalue weighted by Gasteiger charge is 2.53. The minimum absolute atomic E-state index is 0.273. The van der Waals surface area contributed by atoms with E-state index in [2.05, 4.69) is 18.1 Å². The third-order valence-electron chi connectivity index (χ3n) is 3.30. The molecule has 30 heavy (non-hydrogen) atoms. The molecule has 1 aromatic rings. The van der Waals surface area contributed by atoms with Gasteiger partial charge >= 0.3 is 29.2 Å². The van der Waals surface area contributed by atoms with E-state index in [1.807, 2.05) is 0 Å². The van der Waals surface area contributed by atoms with Crippen molar-refractivity contribution < 1.29 is 65.1 Å². The molecule has 1 aliphatic heterocycles. The SMILES string of the molecule is O=c1nc(NO)ccn1[C@H]1C[C@H](F)[C@@](F)(COP(=O)(O)OP(=O)(O)OP(=O)(O)O)O1. The Balaban J connectivity index is 2.07. The molecular formula is C9H14F2N3O13P3.